The smallest absolute Gasteiger partial charge is 0.213 e. The van der Waals surface area contributed by atoms with E-state index in [0.717, 1.165) is 20.4 Å². The topological polar surface area (TPSA) is 62.7 Å². The van der Waals surface area contributed by atoms with E-state index in [1.165, 1.54) is 22.7 Å². The Morgan fingerprint density at radius 2 is 1.52 bits per heavy atom. The highest BCUT2D eigenvalue weighted by Crippen LogP contribution is 2.35. The summed E-state index contributed by atoms with van der Waals surface area (Å²) < 4.78 is 1.98. The molecule has 0 aliphatic rings. The van der Waals surface area contributed by atoms with Crippen molar-refractivity contribution in [2.75, 3.05) is 10.6 Å². The van der Waals surface area contributed by atoms with Crippen molar-refractivity contribution in [1.82, 2.24) is 15.2 Å². The largest absolute Gasteiger partial charge is 0.330 e. The Kier molecular flexibility index (Phi) is 4.79. The molecule has 0 saturated carbocycles. The molecule has 0 unspecified atom stereocenters. The number of nitrogens with one attached hydrogen (secondary N) is 2. The van der Waals surface area contributed by atoms with Gasteiger partial charge in [-0.15, -0.1) is 10.2 Å². The third kappa shape index (κ3) is 3.88. The third-order valence-electron chi connectivity index (χ3n) is 3.16. The summed E-state index contributed by atoms with van der Waals surface area (Å²) in [6.07, 6.45) is 0. The van der Waals surface area contributed by atoms with E-state index >= 15 is 0 Å². The molecule has 0 bridgehead atoms. The van der Waals surface area contributed by atoms with Crippen molar-refractivity contribution in [2.24, 2.45) is 0 Å². The fourth-order valence-electron chi connectivity index (χ4n) is 2.05. The van der Waals surface area contributed by atoms with Crippen LogP contribution in [0.1, 0.15) is 0 Å². The first-order valence-electron chi connectivity index (χ1n) is 6.95. The highest BCUT2D eigenvalue weighted by molar-refractivity contribution is 9.10. The quantitative estimate of drug-likeness (QED) is 0.345. The molecule has 0 fully saturated rings. The monoisotopic (exact) mass is 471 g/mol. The highest BCUT2D eigenvalue weighted by atomic mass is 79.9. The van der Waals surface area contributed by atoms with Gasteiger partial charge in [-0.1, -0.05) is 61.8 Å². The zero-order chi connectivity index (χ0) is 17.4. The van der Waals surface area contributed by atoms with Crippen molar-refractivity contribution >= 4 is 93.1 Å². The lowest BCUT2D eigenvalue weighted by Gasteiger charge is -2.00. The van der Waals surface area contributed by atoms with Gasteiger partial charge in [0.15, 0.2) is 5.13 Å². The number of benzene rings is 2. The molecule has 0 radical (unpaired) electrons. The number of anilines is 4. The molecule has 10 heteroatoms. The van der Waals surface area contributed by atoms with Crippen LogP contribution in [0.2, 0.25) is 10.0 Å². The number of fused-ring (bicyclic) bond motifs is 1. The van der Waals surface area contributed by atoms with Crippen molar-refractivity contribution in [1.29, 1.82) is 0 Å². The van der Waals surface area contributed by atoms with Crippen molar-refractivity contribution in [3.05, 3.63) is 50.9 Å². The fraction of sp³-hybridized carbons (Fsp3) is 0. The Morgan fingerprint density at radius 3 is 2.28 bits per heavy atom. The predicted molar refractivity (Wildman–Crippen MR) is 110 cm³/mol. The van der Waals surface area contributed by atoms with Gasteiger partial charge in [0.1, 0.15) is 0 Å². The molecule has 0 aliphatic heterocycles. The number of rotatable bonds is 4. The summed E-state index contributed by atoms with van der Waals surface area (Å²) in [7, 11) is 0. The average molecular weight is 473 g/mol. The van der Waals surface area contributed by atoms with E-state index in [0.29, 0.717) is 25.4 Å². The summed E-state index contributed by atoms with van der Waals surface area (Å²) in [5.41, 5.74) is 1.73. The molecule has 2 aromatic carbocycles. The number of aromatic nitrogens is 3. The van der Waals surface area contributed by atoms with Gasteiger partial charge in [-0.05, 0) is 36.4 Å². The minimum Gasteiger partial charge on any atom is -0.330 e. The first-order valence-corrected chi connectivity index (χ1v) is 10.1. The fourth-order valence-corrected chi connectivity index (χ4v) is 4.31. The van der Waals surface area contributed by atoms with Gasteiger partial charge in [-0.3, -0.25) is 0 Å². The van der Waals surface area contributed by atoms with Gasteiger partial charge in [0.2, 0.25) is 10.3 Å². The van der Waals surface area contributed by atoms with Gasteiger partial charge >= 0.3 is 0 Å². The molecule has 2 heterocycles. The summed E-state index contributed by atoms with van der Waals surface area (Å²) >= 11 is 18.4. The van der Waals surface area contributed by atoms with E-state index < -0.39 is 0 Å². The Balaban J connectivity index is 1.51. The minimum atomic E-state index is 0.489. The summed E-state index contributed by atoms with van der Waals surface area (Å²) in [5.74, 6) is 0. The second-order valence-electron chi connectivity index (χ2n) is 4.92. The summed E-state index contributed by atoms with van der Waals surface area (Å²) in [4.78, 5) is 4.49. The molecular formula is C15H8BrCl2N5S2. The molecule has 25 heavy (non-hydrogen) atoms. The molecule has 4 aromatic rings. The van der Waals surface area contributed by atoms with Crippen LogP contribution < -0.4 is 10.6 Å². The van der Waals surface area contributed by atoms with Gasteiger partial charge in [-0.25, -0.2) is 4.98 Å². The number of hydrogen-bond acceptors (Lipinski definition) is 7. The van der Waals surface area contributed by atoms with Gasteiger partial charge in [0.25, 0.3) is 0 Å². The van der Waals surface area contributed by atoms with Crippen LogP contribution in [0.25, 0.3) is 10.2 Å². The highest BCUT2D eigenvalue weighted by Gasteiger charge is 2.10. The van der Waals surface area contributed by atoms with Crippen molar-refractivity contribution in [3.63, 3.8) is 0 Å². The van der Waals surface area contributed by atoms with Crippen LogP contribution in [0.15, 0.2) is 40.9 Å². The van der Waals surface area contributed by atoms with Crippen molar-refractivity contribution < 1.29 is 0 Å². The molecule has 4 rings (SSSR count). The second kappa shape index (κ2) is 7.05. The van der Waals surface area contributed by atoms with Crippen LogP contribution in [0.4, 0.5) is 21.1 Å². The van der Waals surface area contributed by atoms with Gasteiger partial charge in [0, 0.05) is 10.2 Å². The first-order chi connectivity index (χ1) is 12.1. The van der Waals surface area contributed by atoms with Crippen LogP contribution in [0.5, 0.6) is 0 Å². The maximum absolute atomic E-state index is 6.04. The zero-order valence-electron chi connectivity index (χ0n) is 12.3. The van der Waals surface area contributed by atoms with E-state index in [9.17, 15) is 0 Å². The normalized spacial score (nSPS) is 11.0. The van der Waals surface area contributed by atoms with E-state index in [-0.39, 0.29) is 0 Å². The zero-order valence-corrected chi connectivity index (χ0v) is 17.0. The van der Waals surface area contributed by atoms with E-state index in [1.807, 2.05) is 30.3 Å². The Bertz CT molecular complexity index is 1010. The second-order valence-corrected chi connectivity index (χ2v) is 8.66. The van der Waals surface area contributed by atoms with Crippen LogP contribution in [-0.4, -0.2) is 15.2 Å². The maximum atomic E-state index is 6.04. The number of nitrogens with zero attached hydrogens (tertiary/aromatic N) is 3. The Hall–Kier alpha value is -1.45. The van der Waals surface area contributed by atoms with Crippen LogP contribution in [0, 0.1) is 0 Å². The molecule has 0 atom stereocenters. The lowest BCUT2D eigenvalue weighted by atomic mass is 10.3. The minimum absolute atomic E-state index is 0.489. The molecule has 0 amide bonds. The maximum Gasteiger partial charge on any atom is 0.213 e. The van der Waals surface area contributed by atoms with Crippen LogP contribution >= 0.6 is 61.8 Å². The lowest BCUT2D eigenvalue weighted by molar-refractivity contribution is 1.09. The molecule has 126 valence electrons. The molecule has 2 aromatic heterocycles. The van der Waals surface area contributed by atoms with Gasteiger partial charge in [-0.2, -0.15) is 0 Å². The van der Waals surface area contributed by atoms with Crippen LogP contribution in [0.3, 0.4) is 0 Å². The van der Waals surface area contributed by atoms with E-state index in [2.05, 4.69) is 41.7 Å². The molecular weight excluding hydrogens is 465 g/mol. The Morgan fingerprint density at radius 1 is 0.840 bits per heavy atom. The van der Waals surface area contributed by atoms with E-state index in [4.69, 9.17) is 23.2 Å². The number of halogens is 3. The Labute approximate surface area is 169 Å². The standard InChI is InChI=1S/C15H8BrCl2N5S2/c16-7-1-3-8(4-2-7)19-14-22-23-15(25-14)21-13-20-11-5-9(17)10(18)6-12(11)24-13/h1-6H,(H,19,22)(H,20,21,23). The van der Waals surface area contributed by atoms with Crippen molar-refractivity contribution in [2.45, 2.75) is 0 Å². The molecule has 5 nitrogen and oxygen atoms in total. The van der Waals surface area contributed by atoms with Gasteiger partial charge in [0.05, 0.1) is 20.3 Å². The molecule has 0 saturated heterocycles. The predicted octanol–water partition coefficient (Wildman–Crippen LogP) is 6.70. The summed E-state index contributed by atoms with van der Waals surface area (Å²) in [6.45, 7) is 0. The first kappa shape index (κ1) is 17.0. The summed E-state index contributed by atoms with van der Waals surface area (Å²) in [5, 5.41) is 17.7. The number of thiazole rings is 1. The molecule has 0 spiro atoms. The average Bonchev–Trinajstić information content (AvgIpc) is 3.17. The SMILES string of the molecule is Clc1cc2nc(Nc3nnc(Nc4ccc(Br)cc4)s3)sc2cc1Cl. The number of hydrogen-bond donors (Lipinski definition) is 2. The van der Waals surface area contributed by atoms with Crippen molar-refractivity contribution in [3.8, 4) is 0 Å². The van der Waals surface area contributed by atoms with E-state index in [1.54, 1.807) is 6.07 Å². The third-order valence-corrected chi connectivity index (χ3v) is 6.10. The molecule has 0 aliphatic carbocycles. The van der Waals surface area contributed by atoms with Gasteiger partial charge < -0.3 is 10.6 Å². The summed E-state index contributed by atoms with van der Waals surface area (Å²) in [6, 6.07) is 11.4. The van der Waals surface area contributed by atoms with Crippen LogP contribution in [-0.2, 0) is 0 Å². The molecule has 2 N–H and O–H groups in total. The lowest BCUT2D eigenvalue weighted by Crippen LogP contribution is -1.88.